The van der Waals surface area contributed by atoms with Gasteiger partial charge in [-0.05, 0) is 45.2 Å². The number of amides is 4. The zero-order valence-electron chi connectivity index (χ0n) is 17.9. The number of rotatable bonds is 5. The van der Waals surface area contributed by atoms with Crippen LogP contribution in [0.4, 0.5) is 4.79 Å². The van der Waals surface area contributed by atoms with E-state index in [1.54, 1.807) is 38.6 Å². The normalized spacial score (nSPS) is 18.5. The van der Waals surface area contributed by atoms with E-state index >= 15 is 0 Å². The topological polar surface area (TPSA) is 109 Å². The predicted octanol–water partition coefficient (Wildman–Crippen LogP) is 2.17. The molecule has 1 unspecified atom stereocenters. The van der Waals surface area contributed by atoms with E-state index in [4.69, 9.17) is 0 Å². The Kier molecular flexibility index (Phi) is 4.96. The van der Waals surface area contributed by atoms with Crippen LogP contribution >= 0.6 is 0 Å². The van der Waals surface area contributed by atoms with Crippen LogP contribution in [0.25, 0.3) is 11.0 Å². The maximum absolute atomic E-state index is 13.1. The lowest BCUT2D eigenvalue weighted by atomic mass is 9.93. The molecule has 0 radical (unpaired) electrons. The number of benzene rings is 1. The Morgan fingerprint density at radius 3 is 2.61 bits per heavy atom. The zero-order chi connectivity index (χ0) is 22.3. The summed E-state index contributed by atoms with van der Waals surface area (Å²) in [6.07, 6.45) is 1.03. The summed E-state index contributed by atoms with van der Waals surface area (Å²) in [5, 5.41) is 8.39. The number of urea groups is 1. The molecule has 1 saturated heterocycles. The Bertz CT molecular complexity index is 1200. The van der Waals surface area contributed by atoms with Gasteiger partial charge in [0.05, 0.1) is 16.6 Å². The van der Waals surface area contributed by atoms with Crippen molar-refractivity contribution in [3.05, 3.63) is 58.9 Å². The predicted molar refractivity (Wildman–Crippen MR) is 114 cm³/mol. The SMILES string of the molecule is Cc1cc(C(=O)NN2C(=O)NC(C)(CCc3ccccc3)C2=O)c2c(C)nn(C)c2n1. The summed E-state index contributed by atoms with van der Waals surface area (Å²) in [4.78, 5) is 43.1. The second-order valence-electron chi connectivity index (χ2n) is 8.05. The van der Waals surface area contributed by atoms with E-state index in [1.165, 1.54) is 0 Å². The summed E-state index contributed by atoms with van der Waals surface area (Å²) in [5.74, 6) is -1.06. The van der Waals surface area contributed by atoms with Gasteiger partial charge in [0.15, 0.2) is 5.65 Å². The maximum atomic E-state index is 13.1. The highest BCUT2D eigenvalue weighted by Crippen LogP contribution is 2.24. The standard InChI is InChI=1S/C22H24N6O3/c1-13-12-16(17-14(2)25-27(4)18(17)23-13)19(29)26-28-20(30)22(3,24-21(28)31)11-10-15-8-6-5-7-9-15/h5-9,12H,10-11H2,1-4H3,(H,24,31)(H,26,29). The number of nitrogens with zero attached hydrogens (tertiary/aromatic N) is 4. The first kappa shape index (κ1) is 20.5. The molecule has 1 fully saturated rings. The molecular weight excluding hydrogens is 396 g/mol. The minimum atomic E-state index is -1.10. The molecule has 1 aliphatic rings. The van der Waals surface area contributed by atoms with Crippen molar-refractivity contribution in [3.63, 3.8) is 0 Å². The lowest BCUT2D eigenvalue weighted by Crippen LogP contribution is -2.49. The second kappa shape index (κ2) is 7.50. The van der Waals surface area contributed by atoms with Crippen molar-refractivity contribution < 1.29 is 14.4 Å². The van der Waals surface area contributed by atoms with Gasteiger partial charge >= 0.3 is 6.03 Å². The number of pyridine rings is 1. The number of carbonyl (C=O) groups is 3. The second-order valence-corrected chi connectivity index (χ2v) is 8.05. The number of fused-ring (bicyclic) bond motifs is 1. The van der Waals surface area contributed by atoms with Crippen LogP contribution in [-0.4, -0.2) is 43.2 Å². The van der Waals surface area contributed by atoms with Gasteiger partial charge in [0.2, 0.25) is 0 Å². The summed E-state index contributed by atoms with van der Waals surface area (Å²) in [7, 11) is 1.75. The van der Waals surface area contributed by atoms with Crippen molar-refractivity contribution in [3.8, 4) is 0 Å². The Hall–Kier alpha value is -3.75. The average Bonchev–Trinajstić information content (AvgIpc) is 3.13. The number of aromatic nitrogens is 3. The van der Waals surface area contributed by atoms with E-state index in [9.17, 15) is 14.4 Å². The Balaban J connectivity index is 1.56. The molecule has 31 heavy (non-hydrogen) atoms. The Morgan fingerprint density at radius 2 is 1.90 bits per heavy atom. The van der Waals surface area contributed by atoms with Gasteiger partial charge in [0.1, 0.15) is 5.54 Å². The van der Waals surface area contributed by atoms with Crippen molar-refractivity contribution in [2.45, 2.75) is 39.2 Å². The van der Waals surface area contributed by atoms with Gasteiger partial charge in [-0.15, -0.1) is 0 Å². The molecule has 9 heteroatoms. The first-order valence-corrected chi connectivity index (χ1v) is 10.0. The molecule has 0 saturated carbocycles. The third-order valence-corrected chi connectivity index (χ3v) is 5.57. The number of hydrogen-bond donors (Lipinski definition) is 2. The van der Waals surface area contributed by atoms with Gasteiger partial charge in [-0.25, -0.2) is 9.78 Å². The molecule has 1 aromatic carbocycles. The van der Waals surface area contributed by atoms with Crippen LogP contribution in [0.15, 0.2) is 36.4 Å². The van der Waals surface area contributed by atoms with Gasteiger partial charge in [0, 0.05) is 12.7 Å². The van der Waals surface area contributed by atoms with Crippen LogP contribution in [0.2, 0.25) is 0 Å². The number of nitrogens with one attached hydrogen (secondary N) is 2. The molecule has 9 nitrogen and oxygen atoms in total. The minimum Gasteiger partial charge on any atom is -0.322 e. The van der Waals surface area contributed by atoms with Crippen LogP contribution in [0.5, 0.6) is 0 Å². The van der Waals surface area contributed by atoms with Crippen molar-refractivity contribution in [1.29, 1.82) is 0 Å². The number of imide groups is 1. The summed E-state index contributed by atoms with van der Waals surface area (Å²) in [6, 6.07) is 10.7. The first-order chi connectivity index (χ1) is 14.7. The molecule has 4 amide bonds. The van der Waals surface area contributed by atoms with E-state index in [0.29, 0.717) is 40.8 Å². The third kappa shape index (κ3) is 3.63. The molecule has 2 N–H and O–H groups in total. The molecule has 160 valence electrons. The third-order valence-electron chi connectivity index (χ3n) is 5.57. The van der Waals surface area contributed by atoms with E-state index in [0.717, 1.165) is 10.6 Å². The smallest absolute Gasteiger partial charge is 0.322 e. The van der Waals surface area contributed by atoms with E-state index in [1.807, 2.05) is 30.3 Å². The summed E-state index contributed by atoms with van der Waals surface area (Å²) in [5.41, 5.74) is 4.58. The molecule has 1 atom stereocenters. The fourth-order valence-electron chi connectivity index (χ4n) is 3.91. The van der Waals surface area contributed by atoms with Crippen molar-refractivity contribution >= 4 is 28.9 Å². The van der Waals surface area contributed by atoms with Crippen molar-refractivity contribution in [2.24, 2.45) is 7.05 Å². The van der Waals surface area contributed by atoms with Crippen LogP contribution in [0.1, 0.15) is 40.7 Å². The molecule has 3 heterocycles. The van der Waals surface area contributed by atoms with Gasteiger partial charge < -0.3 is 5.32 Å². The number of hydrazine groups is 1. The lowest BCUT2D eigenvalue weighted by molar-refractivity contribution is -0.132. The molecule has 3 aromatic rings. The van der Waals surface area contributed by atoms with Gasteiger partial charge in [-0.2, -0.15) is 10.1 Å². The van der Waals surface area contributed by atoms with Crippen LogP contribution in [-0.2, 0) is 18.3 Å². The Labute approximate surface area is 179 Å². The average molecular weight is 420 g/mol. The fourth-order valence-corrected chi connectivity index (χ4v) is 3.91. The summed E-state index contributed by atoms with van der Waals surface area (Å²) < 4.78 is 1.60. The largest absolute Gasteiger partial charge is 0.344 e. The van der Waals surface area contributed by atoms with Gasteiger partial charge in [0.25, 0.3) is 11.8 Å². The van der Waals surface area contributed by atoms with Gasteiger partial charge in [-0.3, -0.25) is 19.7 Å². The Morgan fingerprint density at radius 1 is 1.19 bits per heavy atom. The highest BCUT2D eigenvalue weighted by atomic mass is 16.2. The number of carbonyl (C=O) groups excluding carboxylic acids is 3. The van der Waals surface area contributed by atoms with Crippen LogP contribution in [0.3, 0.4) is 0 Å². The quantitative estimate of drug-likeness (QED) is 0.615. The maximum Gasteiger partial charge on any atom is 0.344 e. The van der Waals surface area contributed by atoms with Crippen molar-refractivity contribution in [1.82, 2.24) is 30.5 Å². The highest BCUT2D eigenvalue weighted by molar-refractivity contribution is 6.11. The molecule has 0 bridgehead atoms. The lowest BCUT2D eigenvalue weighted by Gasteiger charge is -2.21. The zero-order valence-corrected chi connectivity index (χ0v) is 17.9. The number of hydrogen-bond acceptors (Lipinski definition) is 5. The molecule has 0 aliphatic carbocycles. The summed E-state index contributed by atoms with van der Waals surface area (Å²) >= 11 is 0. The van der Waals surface area contributed by atoms with E-state index in [-0.39, 0.29) is 0 Å². The number of aryl methyl sites for hydroxylation is 4. The van der Waals surface area contributed by atoms with E-state index < -0.39 is 23.4 Å². The summed E-state index contributed by atoms with van der Waals surface area (Å²) in [6.45, 7) is 5.22. The first-order valence-electron chi connectivity index (χ1n) is 10.0. The van der Waals surface area contributed by atoms with Gasteiger partial charge in [-0.1, -0.05) is 30.3 Å². The molecular formula is C22H24N6O3. The fraction of sp³-hybridized carbons (Fsp3) is 0.318. The van der Waals surface area contributed by atoms with Crippen LogP contribution < -0.4 is 10.7 Å². The molecule has 4 rings (SSSR count). The van der Waals surface area contributed by atoms with E-state index in [2.05, 4.69) is 20.8 Å². The molecule has 0 spiro atoms. The molecule has 1 aliphatic heterocycles. The monoisotopic (exact) mass is 420 g/mol. The van der Waals surface area contributed by atoms with Crippen molar-refractivity contribution in [2.75, 3.05) is 0 Å². The minimum absolute atomic E-state index is 0.312. The highest BCUT2D eigenvalue weighted by Gasteiger charge is 2.48. The van der Waals surface area contributed by atoms with Crippen LogP contribution in [0, 0.1) is 13.8 Å². The molecule has 2 aromatic heterocycles.